The Morgan fingerprint density at radius 3 is 2.16 bits per heavy atom. The van der Waals surface area contributed by atoms with E-state index in [4.69, 9.17) is 9.47 Å². The van der Waals surface area contributed by atoms with Crippen molar-refractivity contribution < 1.29 is 14.3 Å². The molecule has 3 aromatic rings. The molecule has 0 bridgehead atoms. The van der Waals surface area contributed by atoms with Crippen LogP contribution in [-0.2, 0) is 6.42 Å². The van der Waals surface area contributed by atoms with Crippen LogP contribution in [-0.4, -0.2) is 23.2 Å². The predicted molar refractivity (Wildman–Crippen MR) is 96.8 cm³/mol. The molecule has 7 heteroatoms. The van der Waals surface area contributed by atoms with Crippen LogP contribution in [0.3, 0.4) is 0 Å². The molecule has 0 unspecified atom stereocenters. The summed E-state index contributed by atoms with van der Waals surface area (Å²) in [5.74, 6) is 1.88. The molecule has 1 heterocycles. The summed E-state index contributed by atoms with van der Waals surface area (Å²) in [5, 5.41) is 12.1. The first kappa shape index (κ1) is 16.9. The largest absolute Gasteiger partial charge is 0.497 e. The average molecular weight is 355 g/mol. The van der Waals surface area contributed by atoms with Gasteiger partial charge in [-0.2, -0.15) is 0 Å². The number of carbonyl (C=O) groups is 1. The molecule has 1 aromatic heterocycles. The van der Waals surface area contributed by atoms with Crippen LogP contribution in [0.15, 0.2) is 48.5 Å². The van der Waals surface area contributed by atoms with Gasteiger partial charge in [0.2, 0.25) is 5.13 Å². The Morgan fingerprint density at radius 1 is 1.00 bits per heavy atom. The number of amides is 1. The quantitative estimate of drug-likeness (QED) is 0.719. The molecule has 0 aliphatic rings. The minimum atomic E-state index is -0.227. The molecule has 2 aromatic carbocycles. The molecule has 0 saturated heterocycles. The van der Waals surface area contributed by atoms with Crippen molar-refractivity contribution in [3.63, 3.8) is 0 Å². The molecule has 3 rings (SSSR count). The number of rotatable bonds is 6. The highest BCUT2D eigenvalue weighted by Crippen LogP contribution is 2.24. The lowest BCUT2D eigenvalue weighted by molar-refractivity contribution is 0.102. The summed E-state index contributed by atoms with van der Waals surface area (Å²) in [6.07, 6.45) is 0.797. The molecule has 0 saturated carbocycles. The van der Waals surface area contributed by atoms with Gasteiger partial charge in [0.15, 0.2) is 0 Å². The minimum absolute atomic E-state index is 0.227. The summed E-state index contributed by atoms with van der Waals surface area (Å²) in [4.78, 5) is 12.2. The van der Waals surface area contributed by atoms with Crippen LogP contribution >= 0.6 is 11.3 Å². The van der Waals surface area contributed by atoms with Gasteiger partial charge in [0, 0.05) is 5.56 Å². The maximum atomic E-state index is 12.2. The molecular formula is C18H17N3O3S. The van der Waals surface area contributed by atoms with Crippen molar-refractivity contribution in [1.82, 2.24) is 10.2 Å². The second-order valence-electron chi connectivity index (χ2n) is 5.11. The highest BCUT2D eigenvalue weighted by molar-refractivity contribution is 7.15. The molecule has 0 atom stereocenters. The maximum absolute atomic E-state index is 12.2. The Hall–Kier alpha value is -2.93. The lowest BCUT2D eigenvalue weighted by Gasteiger charge is -2.07. The summed E-state index contributed by atoms with van der Waals surface area (Å²) in [5.41, 5.74) is 0.523. The molecule has 0 spiro atoms. The van der Waals surface area contributed by atoms with Crippen LogP contribution in [0.5, 0.6) is 17.2 Å². The van der Waals surface area contributed by atoms with Gasteiger partial charge in [0.25, 0.3) is 5.91 Å². The van der Waals surface area contributed by atoms with E-state index < -0.39 is 0 Å². The van der Waals surface area contributed by atoms with E-state index in [1.54, 1.807) is 31.4 Å². The summed E-state index contributed by atoms with van der Waals surface area (Å²) in [7, 11) is 1.62. The van der Waals surface area contributed by atoms with E-state index >= 15 is 0 Å². The molecule has 0 aliphatic carbocycles. The second-order valence-corrected chi connectivity index (χ2v) is 6.17. The molecule has 25 heavy (non-hydrogen) atoms. The summed E-state index contributed by atoms with van der Waals surface area (Å²) in [6.45, 7) is 1.99. The molecule has 0 aliphatic heterocycles. The van der Waals surface area contributed by atoms with E-state index in [-0.39, 0.29) is 5.91 Å². The number of nitrogens with zero attached hydrogens (tertiary/aromatic N) is 2. The first-order chi connectivity index (χ1) is 12.2. The number of carbonyl (C=O) groups excluding carboxylic acids is 1. The van der Waals surface area contributed by atoms with Crippen LogP contribution < -0.4 is 14.8 Å². The predicted octanol–water partition coefficient (Wildman–Crippen LogP) is 4.15. The number of anilines is 1. The first-order valence-electron chi connectivity index (χ1n) is 7.73. The Bertz CT molecular complexity index is 845. The topological polar surface area (TPSA) is 73.3 Å². The third-order valence-corrected chi connectivity index (χ3v) is 4.38. The van der Waals surface area contributed by atoms with E-state index in [0.29, 0.717) is 22.2 Å². The number of methoxy groups -OCH3 is 1. The van der Waals surface area contributed by atoms with Crippen LogP contribution in [0.2, 0.25) is 0 Å². The Labute approximate surface area is 149 Å². The first-order valence-corrected chi connectivity index (χ1v) is 8.55. The van der Waals surface area contributed by atoms with Gasteiger partial charge in [-0.1, -0.05) is 18.3 Å². The molecule has 128 valence electrons. The zero-order chi connectivity index (χ0) is 17.6. The van der Waals surface area contributed by atoms with Gasteiger partial charge in [0.05, 0.1) is 7.11 Å². The van der Waals surface area contributed by atoms with Crippen molar-refractivity contribution in [2.75, 3.05) is 12.4 Å². The Morgan fingerprint density at radius 2 is 1.60 bits per heavy atom. The van der Waals surface area contributed by atoms with Crippen molar-refractivity contribution >= 4 is 22.4 Å². The van der Waals surface area contributed by atoms with Crippen molar-refractivity contribution in [3.05, 3.63) is 59.1 Å². The number of nitrogens with one attached hydrogen (secondary N) is 1. The SMILES string of the molecule is CCc1nnc(NC(=O)c2ccc(Oc3ccc(OC)cc3)cc2)s1. The zero-order valence-electron chi connectivity index (χ0n) is 13.9. The average Bonchev–Trinajstić information content (AvgIpc) is 3.10. The monoisotopic (exact) mass is 355 g/mol. The van der Waals surface area contributed by atoms with E-state index in [2.05, 4.69) is 15.5 Å². The number of aryl methyl sites for hydroxylation is 1. The number of ether oxygens (including phenoxy) is 2. The highest BCUT2D eigenvalue weighted by atomic mass is 32.1. The Kier molecular flexibility index (Phi) is 5.25. The molecule has 1 N–H and O–H groups in total. The molecule has 1 amide bonds. The lowest BCUT2D eigenvalue weighted by Crippen LogP contribution is -2.11. The Balaban J connectivity index is 1.63. The highest BCUT2D eigenvalue weighted by Gasteiger charge is 2.10. The van der Waals surface area contributed by atoms with Crippen molar-refractivity contribution in [3.8, 4) is 17.2 Å². The van der Waals surface area contributed by atoms with Crippen molar-refractivity contribution in [2.45, 2.75) is 13.3 Å². The van der Waals surface area contributed by atoms with Crippen LogP contribution in [0.1, 0.15) is 22.3 Å². The van der Waals surface area contributed by atoms with Gasteiger partial charge in [-0.05, 0) is 55.0 Å². The standard InChI is InChI=1S/C18H17N3O3S/c1-3-16-20-21-18(25-16)19-17(22)12-4-6-14(7-5-12)24-15-10-8-13(23-2)9-11-15/h4-11H,3H2,1-2H3,(H,19,21,22). The fraction of sp³-hybridized carbons (Fsp3) is 0.167. The molecule has 0 radical (unpaired) electrons. The summed E-state index contributed by atoms with van der Waals surface area (Å²) in [6, 6.07) is 14.2. The number of benzene rings is 2. The number of hydrogen-bond acceptors (Lipinski definition) is 6. The lowest BCUT2D eigenvalue weighted by atomic mass is 10.2. The number of hydrogen-bond donors (Lipinski definition) is 1. The van der Waals surface area contributed by atoms with Gasteiger partial charge in [0.1, 0.15) is 22.3 Å². The van der Waals surface area contributed by atoms with Gasteiger partial charge in [-0.25, -0.2) is 0 Å². The van der Waals surface area contributed by atoms with Gasteiger partial charge < -0.3 is 9.47 Å². The van der Waals surface area contributed by atoms with E-state index in [9.17, 15) is 4.79 Å². The molecular weight excluding hydrogens is 338 g/mol. The third kappa shape index (κ3) is 4.33. The minimum Gasteiger partial charge on any atom is -0.497 e. The summed E-state index contributed by atoms with van der Waals surface area (Å²) < 4.78 is 10.9. The van der Waals surface area contributed by atoms with Gasteiger partial charge >= 0.3 is 0 Å². The maximum Gasteiger partial charge on any atom is 0.257 e. The van der Waals surface area contributed by atoms with E-state index in [0.717, 1.165) is 17.2 Å². The third-order valence-electron chi connectivity index (χ3n) is 3.40. The fourth-order valence-corrected chi connectivity index (χ4v) is 2.75. The zero-order valence-corrected chi connectivity index (χ0v) is 14.7. The molecule has 6 nitrogen and oxygen atoms in total. The van der Waals surface area contributed by atoms with Crippen LogP contribution in [0.4, 0.5) is 5.13 Å². The smallest absolute Gasteiger partial charge is 0.257 e. The molecule has 0 fully saturated rings. The number of aromatic nitrogens is 2. The van der Waals surface area contributed by atoms with Crippen LogP contribution in [0.25, 0.3) is 0 Å². The van der Waals surface area contributed by atoms with Gasteiger partial charge in [-0.3, -0.25) is 10.1 Å². The summed E-state index contributed by atoms with van der Waals surface area (Å²) >= 11 is 1.37. The van der Waals surface area contributed by atoms with Gasteiger partial charge in [-0.15, -0.1) is 10.2 Å². The van der Waals surface area contributed by atoms with Crippen LogP contribution in [0, 0.1) is 0 Å². The second kappa shape index (κ2) is 7.76. The van der Waals surface area contributed by atoms with E-state index in [1.165, 1.54) is 11.3 Å². The normalized spacial score (nSPS) is 10.3. The van der Waals surface area contributed by atoms with E-state index in [1.807, 2.05) is 31.2 Å². The van der Waals surface area contributed by atoms with Crippen molar-refractivity contribution in [1.29, 1.82) is 0 Å². The fourth-order valence-electron chi connectivity index (χ4n) is 2.07. The van der Waals surface area contributed by atoms with Crippen molar-refractivity contribution in [2.24, 2.45) is 0 Å².